The molecule has 7 nitrogen and oxygen atoms in total. The largest absolute Gasteiger partial charge is 0.375 e. The summed E-state index contributed by atoms with van der Waals surface area (Å²) in [6.07, 6.45) is 3.34. The Morgan fingerprint density at radius 2 is 2.00 bits per heavy atom. The van der Waals surface area contributed by atoms with Gasteiger partial charge in [0.25, 0.3) is 0 Å². The fourth-order valence-corrected chi connectivity index (χ4v) is 2.22. The van der Waals surface area contributed by atoms with Gasteiger partial charge in [0.2, 0.25) is 11.7 Å². The fraction of sp³-hybridized carbons (Fsp3) is 0.188. The van der Waals surface area contributed by atoms with Crippen molar-refractivity contribution in [1.82, 2.24) is 20.1 Å². The normalized spacial score (nSPS) is 10.3. The van der Waals surface area contributed by atoms with Crippen LogP contribution in [0.25, 0.3) is 11.4 Å². The maximum Gasteiger partial charge on any atom is 0.246 e. The minimum atomic E-state index is 0.329. The Labute approximate surface area is 133 Å². The van der Waals surface area contributed by atoms with E-state index in [1.165, 1.54) is 0 Å². The lowest BCUT2D eigenvalue weighted by molar-refractivity contribution is 0.384. The van der Waals surface area contributed by atoms with E-state index in [2.05, 4.69) is 31.5 Å². The third-order valence-electron chi connectivity index (χ3n) is 3.28. The SMILES string of the molecule is Cc1cc(NCc2nc(-c3ccncc3)no2)c(C#N)c(C)n1. The molecule has 0 aliphatic heterocycles. The lowest BCUT2D eigenvalue weighted by atomic mass is 10.1. The first-order chi connectivity index (χ1) is 11.2. The maximum atomic E-state index is 9.25. The van der Waals surface area contributed by atoms with Gasteiger partial charge in [0.15, 0.2) is 0 Å². The topological polar surface area (TPSA) is 101 Å². The number of nitrogens with one attached hydrogen (secondary N) is 1. The number of pyridine rings is 2. The summed E-state index contributed by atoms with van der Waals surface area (Å²) in [6.45, 7) is 4.02. The molecule has 0 unspecified atom stereocenters. The third kappa shape index (κ3) is 3.16. The minimum absolute atomic E-state index is 0.329. The number of hydrogen-bond acceptors (Lipinski definition) is 7. The molecule has 0 aromatic carbocycles. The summed E-state index contributed by atoms with van der Waals surface area (Å²) in [4.78, 5) is 12.6. The van der Waals surface area contributed by atoms with E-state index in [-0.39, 0.29) is 0 Å². The molecule has 114 valence electrons. The lowest BCUT2D eigenvalue weighted by Crippen LogP contribution is -2.04. The molecular weight excluding hydrogens is 292 g/mol. The van der Waals surface area contributed by atoms with E-state index in [0.717, 1.165) is 11.3 Å². The average molecular weight is 306 g/mol. The van der Waals surface area contributed by atoms with Gasteiger partial charge in [-0.2, -0.15) is 10.2 Å². The first-order valence-electron chi connectivity index (χ1n) is 7.02. The van der Waals surface area contributed by atoms with E-state index in [0.29, 0.717) is 35.2 Å². The Morgan fingerprint density at radius 3 is 2.74 bits per heavy atom. The Hall–Kier alpha value is -3.27. The van der Waals surface area contributed by atoms with Gasteiger partial charge in [-0.15, -0.1) is 0 Å². The molecule has 0 amide bonds. The van der Waals surface area contributed by atoms with E-state index < -0.39 is 0 Å². The maximum absolute atomic E-state index is 9.25. The molecule has 3 aromatic rings. The number of nitriles is 1. The highest BCUT2D eigenvalue weighted by Gasteiger charge is 2.11. The fourth-order valence-electron chi connectivity index (χ4n) is 2.22. The van der Waals surface area contributed by atoms with E-state index in [9.17, 15) is 5.26 Å². The number of aromatic nitrogens is 4. The number of rotatable bonds is 4. The predicted octanol–water partition coefficient (Wildman–Crippen LogP) is 2.63. The predicted molar refractivity (Wildman–Crippen MR) is 83.3 cm³/mol. The molecule has 23 heavy (non-hydrogen) atoms. The second-order valence-corrected chi connectivity index (χ2v) is 4.98. The zero-order valence-electron chi connectivity index (χ0n) is 12.7. The number of nitrogens with zero attached hydrogens (tertiary/aromatic N) is 5. The highest BCUT2D eigenvalue weighted by molar-refractivity contribution is 5.60. The van der Waals surface area contributed by atoms with Crippen molar-refractivity contribution in [2.45, 2.75) is 20.4 Å². The molecule has 0 aliphatic carbocycles. The van der Waals surface area contributed by atoms with Crippen molar-refractivity contribution < 1.29 is 4.52 Å². The first kappa shape index (κ1) is 14.7. The first-order valence-corrected chi connectivity index (χ1v) is 7.02. The van der Waals surface area contributed by atoms with Crippen LogP contribution in [0, 0.1) is 25.2 Å². The highest BCUT2D eigenvalue weighted by Crippen LogP contribution is 2.20. The van der Waals surface area contributed by atoms with Crippen LogP contribution in [0.4, 0.5) is 5.69 Å². The molecular formula is C16H14N6O. The van der Waals surface area contributed by atoms with E-state index in [1.54, 1.807) is 12.4 Å². The molecule has 0 atom stereocenters. The monoisotopic (exact) mass is 306 g/mol. The summed E-state index contributed by atoms with van der Waals surface area (Å²) in [6, 6.07) is 7.61. The van der Waals surface area contributed by atoms with Crippen molar-refractivity contribution in [3.8, 4) is 17.5 Å². The minimum Gasteiger partial charge on any atom is -0.375 e. The molecule has 3 rings (SSSR count). The van der Waals surface area contributed by atoms with Crippen molar-refractivity contribution >= 4 is 5.69 Å². The zero-order valence-corrected chi connectivity index (χ0v) is 12.7. The molecule has 0 radical (unpaired) electrons. The van der Waals surface area contributed by atoms with E-state index in [4.69, 9.17) is 4.52 Å². The van der Waals surface area contributed by atoms with Gasteiger partial charge >= 0.3 is 0 Å². The molecule has 1 N–H and O–H groups in total. The van der Waals surface area contributed by atoms with Gasteiger partial charge in [0.05, 0.1) is 23.5 Å². The van der Waals surface area contributed by atoms with Crippen LogP contribution in [0.2, 0.25) is 0 Å². The Morgan fingerprint density at radius 1 is 1.22 bits per heavy atom. The second kappa shape index (κ2) is 6.23. The van der Waals surface area contributed by atoms with Crippen LogP contribution in [0.1, 0.15) is 22.8 Å². The summed E-state index contributed by atoms with van der Waals surface area (Å²) in [5, 5.41) is 16.4. The Balaban J connectivity index is 1.78. The summed E-state index contributed by atoms with van der Waals surface area (Å²) in [5.41, 5.74) is 3.60. The van der Waals surface area contributed by atoms with Gasteiger partial charge in [-0.1, -0.05) is 5.16 Å². The molecule has 0 fully saturated rings. The van der Waals surface area contributed by atoms with Crippen molar-refractivity contribution in [3.63, 3.8) is 0 Å². The van der Waals surface area contributed by atoms with Crippen LogP contribution in [0.15, 0.2) is 35.1 Å². The van der Waals surface area contributed by atoms with Crippen molar-refractivity contribution in [3.05, 3.63) is 53.4 Å². The standard InChI is InChI=1S/C16H14N6O/c1-10-7-14(13(8-17)11(2)20-10)19-9-15-21-16(22-23-15)12-3-5-18-6-4-12/h3-7H,9H2,1-2H3,(H,19,20). The van der Waals surface area contributed by atoms with Crippen LogP contribution in [0.5, 0.6) is 0 Å². The number of hydrogen-bond donors (Lipinski definition) is 1. The molecule has 3 heterocycles. The van der Waals surface area contributed by atoms with Crippen LogP contribution < -0.4 is 5.32 Å². The molecule has 0 bridgehead atoms. The summed E-state index contributed by atoms with van der Waals surface area (Å²) >= 11 is 0. The van der Waals surface area contributed by atoms with Gasteiger partial charge in [-0.25, -0.2) is 0 Å². The van der Waals surface area contributed by atoms with Gasteiger partial charge in [0.1, 0.15) is 6.07 Å². The van der Waals surface area contributed by atoms with Gasteiger partial charge < -0.3 is 9.84 Å². The molecule has 3 aromatic heterocycles. The van der Waals surface area contributed by atoms with E-state index in [1.807, 2.05) is 32.0 Å². The molecule has 0 saturated carbocycles. The van der Waals surface area contributed by atoms with Crippen molar-refractivity contribution in [1.29, 1.82) is 5.26 Å². The molecule has 7 heteroatoms. The quantitative estimate of drug-likeness (QED) is 0.790. The number of aryl methyl sites for hydroxylation is 2. The summed E-state index contributed by atoms with van der Waals surface area (Å²) in [5.74, 6) is 0.944. The Kier molecular flexibility index (Phi) is 3.97. The van der Waals surface area contributed by atoms with Gasteiger partial charge in [-0.05, 0) is 32.0 Å². The zero-order chi connectivity index (χ0) is 16.2. The van der Waals surface area contributed by atoms with Gasteiger partial charge in [-0.3, -0.25) is 9.97 Å². The molecule has 0 aliphatic rings. The van der Waals surface area contributed by atoms with Crippen LogP contribution in [0.3, 0.4) is 0 Å². The number of anilines is 1. The van der Waals surface area contributed by atoms with Crippen molar-refractivity contribution in [2.75, 3.05) is 5.32 Å². The van der Waals surface area contributed by atoms with E-state index >= 15 is 0 Å². The Bertz CT molecular complexity index is 866. The van der Waals surface area contributed by atoms with Gasteiger partial charge in [0, 0.05) is 23.7 Å². The second-order valence-electron chi connectivity index (χ2n) is 4.98. The highest BCUT2D eigenvalue weighted by atomic mass is 16.5. The van der Waals surface area contributed by atoms with Crippen LogP contribution in [-0.2, 0) is 6.54 Å². The summed E-state index contributed by atoms with van der Waals surface area (Å²) < 4.78 is 5.23. The molecule has 0 saturated heterocycles. The third-order valence-corrected chi connectivity index (χ3v) is 3.28. The average Bonchev–Trinajstić information content (AvgIpc) is 3.02. The lowest BCUT2D eigenvalue weighted by Gasteiger charge is -2.08. The van der Waals surface area contributed by atoms with Crippen LogP contribution in [-0.4, -0.2) is 20.1 Å². The van der Waals surface area contributed by atoms with Crippen molar-refractivity contribution in [2.24, 2.45) is 0 Å². The van der Waals surface area contributed by atoms with Crippen LogP contribution >= 0.6 is 0 Å². The smallest absolute Gasteiger partial charge is 0.246 e. The summed E-state index contributed by atoms with van der Waals surface area (Å²) in [7, 11) is 0. The molecule has 0 spiro atoms.